The molecule has 1 saturated heterocycles. The highest BCUT2D eigenvalue weighted by Gasteiger charge is 2.55. The predicted octanol–water partition coefficient (Wildman–Crippen LogP) is 0.855. The number of nitrogens with zero attached hydrogens (tertiary/aromatic N) is 1. The van der Waals surface area contributed by atoms with E-state index in [9.17, 15) is 0 Å². The molecule has 0 bridgehead atoms. The van der Waals surface area contributed by atoms with Gasteiger partial charge in [0, 0.05) is 31.7 Å². The van der Waals surface area contributed by atoms with Gasteiger partial charge in [0.05, 0.1) is 0 Å². The van der Waals surface area contributed by atoms with Crippen LogP contribution in [0.15, 0.2) is 0 Å². The summed E-state index contributed by atoms with van der Waals surface area (Å²) >= 11 is 0. The van der Waals surface area contributed by atoms with Gasteiger partial charge in [0.25, 0.3) is 0 Å². The van der Waals surface area contributed by atoms with Crippen molar-refractivity contribution in [2.24, 2.45) is 10.8 Å². The molecule has 0 unspecified atom stereocenters. The summed E-state index contributed by atoms with van der Waals surface area (Å²) in [6.45, 7) is 4.24. The third-order valence-electron chi connectivity index (χ3n) is 3.93. The molecular formula is C10H17NO. The molecule has 2 aliphatic carbocycles. The minimum atomic E-state index is 0.344. The predicted molar refractivity (Wildman–Crippen MR) is 46.9 cm³/mol. The van der Waals surface area contributed by atoms with Gasteiger partial charge in [0.1, 0.15) is 0 Å². The van der Waals surface area contributed by atoms with Crippen LogP contribution in [0.1, 0.15) is 25.7 Å². The van der Waals surface area contributed by atoms with E-state index in [1.54, 1.807) is 0 Å². The van der Waals surface area contributed by atoms with Crippen molar-refractivity contribution >= 4 is 0 Å². The standard InChI is InChI=1S/C10H17NO/c12-8-10(3-4-10)7-11-5-9(6-11)1-2-9/h12H,1-8H2. The van der Waals surface area contributed by atoms with Crippen LogP contribution in [0, 0.1) is 10.8 Å². The van der Waals surface area contributed by atoms with Crippen LogP contribution in [0.25, 0.3) is 0 Å². The van der Waals surface area contributed by atoms with E-state index in [1.807, 2.05) is 0 Å². The lowest BCUT2D eigenvalue weighted by molar-refractivity contribution is 0.0438. The molecule has 3 rings (SSSR count). The maximum atomic E-state index is 9.14. The third-order valence-corrected chi connectivity index (χ3v) is 3.93. The van der Waals surface area contributed by atoms with E-state index in [1.165, 1.54) is 45.3 Å². The van der Waals surface area contributed by atoms with E-state index in [0.29, 0.717) is 12.0 Å². The van der Waals surface area contributed by atoms with Crippen molar-refractivity contribution in [2.75, 3.05) is 26.2 Å². The fourth-order valence-electron chi connectivity index (χ4n) is 2.52. The summed E-state index contributed by atoms with van der Waals surface area (Å²) in [5.74, 6) is 0. The Balaban J connectivity index is 1.51. The number of likely N-dealkylation sites (tertiary alicyclic amines) is 1. The lowest BCUT2D eigenvalue weighted by Crippen LogP contribution is -2.50. The van der Waals surface area contributed by atoms with E-state index in [2.05, 4.69) is 4.90 Å². The van der Waals surface area contributed by atoms with Crippen LogP contribution in [-0.4, -0.2) is 36.2 Å². The largest absolute Gasteiger partial charge is 0.396 e. The monoisotopic (exact) mass is 167 g/mol. The van der Waals surface area contributed by atoms with Gasteiger partial charge < -0.3 is 10.0 Å². The molecule has 3 fully saturated rings. The van der Waals surface area contributed by atoms with E-state index < -0.39 is 0 Å². The van der Waals surface area contributed by atoms with Crippen molar-refractivity contribution in [1.29, 1.82) is 0 Å². The van der Waals surface area contributed by atoms with Crippen LogP contribution in [0.4, 0.5) is 0 Å². The Labute approximate surface area is 73.6 Å². The Morgan fingerprint density at radius 2 is 1.75 bits per heavy atom. The summed E-state index contributed by atoms with van der Waals surface area (Å²) in [6.07, 6.45) is 5.45. The molecule has 0 radical (unpaired) electrons. The van der Waals surface area contributed by atoms with Gasteiger partial charge in [0.15, 0.2) is 0 Å². The highest BCUT2D eigenvalue weighted by atomic mass is 16.3. The van der Waals surface area contributed by atoms with Crippen LogP contribution in [0.3, 0.4) is 0 Å². The van der Waals surface area contributed by atoms with Crippen molar-refractivity contribution in [3.05, 3.63) is 0 Å². The van der Waals surface area contributed by atoms with Gasteiger partial charge >= 0.3 is 0 Å². The fourth-order valence-corrected chi connectivity index (χ4v) is 2.52. The Kier molecular flexibility index (Phi) is 1.25. The summed E-state index contributed by atoms with van der Waals surface area (Å²) in [7, 11) is 0. The molecule has 1 spiro atoms. The molecule has 0 aromatic carbocycles. The first-order chi connectivity index (χ1) is 5.76. The summed E-state index contributed by atoms with van der Waals surface area (Å²) in [5.41, 5.74) is 1.13. The second-order valence-electron chi connectivity index (χ2n) is 5.30. The lowest BCUT2D eigenvalue weighted by Gasteiger charge is -2.41. The van der Waals surface area contributed by atoms with Gasteiger partial charge in [-0.3, -0.25) is 0 Å². The van der Waals surface area contributed by atoms with E-state index >= 15 is 0 Å². The van der Waals surface area contributed by atoms with Crippen LogP contribution in [0.5, 0.6) is 0 Å². The fraction of sp³-hybridized carbons (Fsp3) is 1.00. The molecule has 0 aromatic rings. The van der Waals surface area contributed by atoms with Crippen LogP contribution < -0.4 is 0 Å². The second-order valence-corrected chi connectivity index (χ2v) is 5.30. The highest BCUT2D eigenvalue weighted by molar-refractivity contribution is 5.07. The first kappa shape index (κ1) is 7.34. The maximum absolute atomic E-state index is 9.14. The van der Waals surface area contributed by atoms with E-state index in [0.717, 1.165) is 5.41 Å². The Morgan fingerprint density at radius 1 is 1.08 bits per heavy atom. The van der Waals surface area contributed by atoms with Crippen molar-refractivity contribution in [3.63, 3.8) is 0 Å². The second kappa shape index (κ2) is 2.05. The van der Waals surface area contributed by atoms with E-state index in [-0.39, 0.29) is 0 Å². The number of aliphatic hydroxyl groups is 1. The number of hydrogen-bond donors (Lipinski definition) is 1. The van der Waals surface area contributed by atoms with Gasteiger partial charge in [-0.05, 0) is 31.1 Å². The normalized spacial score (nSPS) is 34.8. The Morgan fingerprint density at radius 3 is 2.17 bits per heavy atom. The SMILES string of the molecule is OCC1(CN2CC3(CC3)C2)CC1. The summed E-state index contributed by atoms with van der Waals surface area (Å²) < 4.78 is 0. The van der Waals surface area contributed by atoms with Gasteiger partial charge in [-0.15, -0.1) is 0 Å². The van der Waals surface area contributed by atoms with Crippen LogP contribution in [0.2, 0.25) is 0 Å². The lowest BCUT2D eigenvalue weighted by atomic mass is 9.94. The topological polar surface area (TPSA) is 23.5 Å². The minimum absolute atomic E-state index is 0.344. The van der Waals surface area contributed by atoms with Gasteiger partial charge in [-0.1, -0.05) is 0 Å². The third kappa shape index (κ3) is 1.01. The molecule has 0 amide bonds. The zero-order chi connectivity index (χ0) is 8.23. The number of rotatable bonds is 3. The Hall–Kier alpha value is -0.0800. The van der Waals surface area contributed by atoms with Gasteiger partial charge in [0.2, 0.25) is 0 Å². The quantitative estimate of drug-likeness (QED) is 0.673. The maximum Gasteiger partial charge on any atom is 0.0499 e. The molecule has 0 atom stereocenters. The van der Waals surface area contributed by atoms with Crippen molar-refractivity contribution in [3.8, 4) is 0 Å². The molecule has 1 aliphatic heterocycles. The number of aliphatic hydroxyl groups excluding tert-OH is 1. The molecule has 12 heavy (non-hydrogen) atoms. The smallest absolute Gasteiger partial charge is 0.0499 e. The summed E-state index contributed by atoms with van der Waals surface area (Å²) in [6, 6.07) is 0. The van der Waals surface area contributed by atoms with Crippen molar-refractivity contribution in [2.45, 2.75) is 25.7 Å². The molecule has 68 valence electrons. The summed E-state index contributed by atoms with van der Waals surface area (Å²) in [4.78, 5) is 2.54. The molecule has 0 aromatic heterocycles. The first-order valence-corrected chi connectivity index (χ1v) is 5.09. The molecule has 3 aliphatic rings. The minimum Gasteiger partial charge on any atom is -0.396 e. The van der Waals surface area contributed by atoms with E-state index in [4.69, 9.17) is 5.11 Å². The molecule has 2 saturated carbocycles. The molecular weight excluding hydrogens is 150 g/mol. The number of hydrogen-bond acceptors (Lipinski definition) is 2. The average molecular weight is 167 g/mol. The van der Waals surface area contributed by atoms with Crippen molar-refractivity contribution < 1.29 is 5.11 Å². The average Bonchev–Trinajstić information content (AvgIpc) is 2.81. The zero-order valence-corrected chi connectivity index (χ0v) is 7.55. The molecule has 2 heteroatoms. The summed E-state index contributed by atoms with van der Waals surface area (Å²) in [5, 5.41) is 9.14. The van der Waals surface area contributed by atoms with Crippen LogP contribution >= 0.6 is 0 Å². The molecule has 1 heterocycles. The molecule has 2 nitrogen and oxygen atoms in total. The zero-order valence-electron chi connectivity index (χ0n) is 7.55. The Bertz CT molecular complexity index is 198. The van der Waals surface area contributed by atoms with Gasteiger partial charge in [-0.2, -0.15) is 0 Å². The van der Waals surface area contributed by atoms with Crippen LogP contribution in [-0.2, 0) is 0 Å². The first-order valence-electron chi connectivity index (χ1n) is 5.09. The van der Waals surface area contributed by atoms with Crippen molar-refractivity contribution in [1.82, 2.24) is 4.90 Å². The molecule has 1 N–H and O–H groups in total. The van der Waals surface area contributed by atoms with Gasteiger partial charge in [-0.25, -0.2) is 0 Å². The highest BCUT2D eigenvalue weighted by Crippen LogP contribution is 2.55.